The SMILES string of the molecule is CC1(C)CC(=O)C2=C(C1)Nc1nc3ccccc3n1C2c1cc[c-]cc1.CC1(C)CC(=O)C2=C(C1)Nc1nc3ccccc3n1C2c1cc[c-]cc1.CC1(C)CC(=O)C2=C(C1)Nc1nc3ccccc3n1C2c1cc[c-]cc1.[CH2-]c1cc([CH2-])cc([CH2-])c1.[Y].[Y].[Y]. The fraction of sp³-hybridized carbons (Fsp3) is 0.240. The van der Waals surface area contributed by atoms with Gasteiger partial charge in [-0.2, -0.15) is 147 Å². The number of rotatable bonds is 3. The van der Waals surface area contributed by atoms with Crippen molar-refractivity contribution in [3.8, 4) is 0 Å². The Bertz CT molecular complexity index is 4020. The summed E-state index contributed by atoms with van der Waals surface area (Å²) in [5, 5.41) is 10.4. The van der Waals surface area contributed by atoms with E-state index >= 15 is 0 Å². The Kier molecular flexibility index (Phi) is 19.6. The molecular formula is C75H69N9O3Y3-6. The quantitative estimate of drug-likeness (QED) is 0.147. The molecule has 0 amide bonds. The van der Waals surface area contributed by atoms with Crippen LogP contribution in [-0.2, 0) is 113 Å². The van der Waals surface area contributed by atoms with Crippen molar-refractivity contribution in [2.24, 2.45) is 16.2 Å². The number of nitrogens with zero attached hydrogens (tertiary/aromatic N) is 6. The molecule has 7 aromatic carbocycles. The van der Waals surface area contributed by atoms with E-state index in [9.17, 15) is 14.4 Å². The number of anilines is 3. The second-order valence-electron chi connectivity index (χ2n) is 26.1. The second kappa shape index (κ2) is 26.6. The third-order valence-corrected chi connectivity index (χ3v) is 17.2. The van der Waals surface area contributed by atoms with Gasteiger partial charge in [0.05, 0.1) is 51.2 Å². The number of ketones is 3. The average Bonchev–Trinajstić information content (AvgIpc) is 1.46. The molecule has 0 saturated carbocycles. The van der Waals surface area contributed by atoms with Crippen LogP contribution in [0.3, 0.4) is 0 Å². The summed E-state index contributed by atoms with van der Waals surface area (Å²) in [6.45, 7) is 24.2. The summed E-state index contributed by atoms with van der Waals surface area (Å²) in [6.07, 6.45) is 4.28. The maximum atomic E-state index is 13.2. The monoisotopic (exact) mass is 1410 g/mol. The molecule has 0 saturated heterocycles. The molecule has 0 bridgehead atoms. The van der Waals surface area contributed by atoms with E-state index in [0.717, 1.165) is 137 Å². The van der Waals surface area contributed by atoms with Crippen molar-refractivity contribution in [3.63, 3.8) is 0 Å². The van der Waals surface area contributed by atoms with Crippen LogP contribution in [-0.4, -0.2) is 46.0 Å². The molecule has 3 atom stereocenters. The van der Waals surface area contributed by atoms with Gasteiger partial charge in [0, 0.05) is 151 Å². The van der Waals surface area contributed by atoms with Crippen molar-refractivity contribution in [3.05, 3.63) is 270 Å². The van der Waals surface area contributed by atoms with Crippen molar-refractivity contribution < 1.29 is 113 Å². The summed E-state index contributed by atoms with van der Waals surface area (Å²) in [6, 6.07) is 62.6. The van der Waals surface area contributed by atoms with E-state index in [0.29, 0.717) is 19.3 Å². The minimum absolute atomic E-state index is 0. The molecule has 447 valence electrons. The van der Waals surface area contributed by atoms with Gasteiger partial charge in [-0.15, -0.1) is 16.7 Å². The number of para-hydroxylation sites is 6. The zero-order valence-corrected chi connectivity index (χ0v) is 60.3. The molecule has 0 fully saturated rings. The van der Waals surface area contributed by atoms with E-state index < -0.39 is 0 Å². The Morgan fingerprint density at radius 2 is 0.633 bits per heavy atom. The topological polar surface area (TPSA) is 141 Å². The van der Waals surface area contributed by atoms with Crippen molar-refractivity contribution in [1.29, 1.82) is 0 Å². The summed E-state index contributed by atoms with van der Waals surface area (Å²) in [5.74, 6) is 3.12. The number of benzene rings is 7. The molecule has 3 radical (unpaired) electrons. The Morgan fingerprint density at radius 3 is 0.889 bits per heavy atom. The summed E-state index contributed by atoms with van der Waals surface area (Å²) < 4.78 is 6.50. The van der Waals surface area contributed by atoms with Crippen LogP contribution in [0.5, 0.6) is 0 Å². The molecule has 3 unspecified atom stereocenters. The van der Waals surface area contributed by atoms with Crippen LogP contribution in [0.15, 0.2) is 198 Å². The van der Waals surface area contributed by atoms with Gasteiger partial charge in [0.1, 0.15) is 0 Å². The van der Waals surface area contributed by atoms with E-state index in [-0.39, 0.29) is 150 Å². The molecule has 0 spiro atoms. The maximum Gasteiger partial charge on any atom is 0.208 e. The maximum absolute atomic E-state index is 13.2. The Balaban J connectivity index is 0.000000137. The van der Waals surface area contributed by atoms with Crippen LogP contribution in [0, 0.1) is 55.2 Å². The van der Waals surface area contributed by atoms with Gasteiger partial charge < -0.3 is 29.7 Å². The number of fused-ring (bicyclic) bond motifs is 9. The summed E-state index contributed by atoms with van der Waals surface area (Å²) in [5.41, 5.74) is 17.7. The fourth-order valence-electron chi connectivity index (χ4n) is 13.8. The smallest absolute Gasteiger partial charge is 0.208 e. The van der Waals surface area contributed by atoms with Crippen molar-refractivity contribution in [2.45, 2.75) is 98.2 Å². The van der Waals surface area contributed by atoms with Gasteiger partial charge in [-0.3, -0.25) is 14.4 Å². The van der Waals surface area contributed by atoms with Crippen molar-refractivity contribution >= 4 is 68.3 Å². The van der Waals surface area contributed by atoms with Crippen LogP contribution in [0.1, 0.15) is 132 Å². The van der Waals surface area contributed by atoms with E-state index in [1.54, 1.807) is 0 Å². The minimum atomic E-state index is -0.146. The minimum Gasteiger partial charge on any atom is -0.329 e. The normalized spacial score (nSPS) is 19.4. The number of nitrogens with one attached hydrogen (secondary N) is 3. The van der Waals surface area contributed by atoms with Gasteiger partial charge in [-0.25, -0.2) is 15.0 Å². The average molecular weight is 1410 g/mol. The number of Topliss-reactive ketones (excluding diaryl/α,β-unsaturated/α-hetero) is 3. The predicted octanol–water partition coefficient (Wildman–Crippen LogP) is 15.7. The summed E-state index contributed by atoms with van der Waals surface area (Å²) in [7, 11) is 0. The number of carbonyl (C=O) groups excluding carboxylic acids is 3. The number of hydrogen-bond donors (Lipinski definition) is 3. The first-order valence-electron chi connectivity index (χ1n) is 29.8. The predicted molar refractivity (Wildman–Crippen MR) is 345 cm³/mol. The van der Waals surface area contributed by atoms with Crippen LogP contribution in [0.4, 0.5) is 17.8 Å². The molecule has 6 heterocycles. The first-order chi connectivity index (χ1) is 41.8. The van der Waals surface area contributed by atoms with Gasteiger partial charge in [0.15, 0.2) is 17.3 Å². The molecule has 3 N–H and O–H groups in total. The molecule has 3 aliphatic carbocycles. The number of imidazole rings is 3. The van der Waals surface area contributed by atoms with Gasteiger partial charge in [-0.1, -0.05) is 77.9 Å². The largest absolute Gasteiger partial charge is 0.329 e. The Morgan fingerprint density at radius 1 is 0.389 bits per heavy atom. The molecule has 10 aromatic rings. The van der Waals surface area contributed by atoms with Crippen LogP contribution in [0.2, 0.25) is 0 Å². The van der Waals surface area contributed by atoms with Gasteiger partial charge in [0.25, 0.3) is 0 Å². The van der Waals surface area contributed by atoms with Crippen molar-refractivity contribution in [2.75, 3.05) is 16.0 Å². The van der Waals surface area contributed by atoms with Gasteiger partial charge >= 0.3 is 0 Å². The molecule has 16 rings (SSSR count). The molecule has 12 nitrogen and oxygen atoms in total. The summed E-state index contributed by atoms with van der Waals surface area (Å²) >= 11 is 0. The second-order valence-corrected chi connectivity index (χ2v) is 26.1. The van der Waals surface area contributed by atoms with Crippen LogP contribution >= 0.6 is 0 Å². The summed E-state index contributed by atoms with van der Waals surface area (Å²) in [4.78, 5) is 53.8. The van der Waals surface area contributed by atoms with Crippen LogP contribution in [0.25, 0.3) is 33.1 Å². The van der Waals surface area contributed by atoms with E-state index in [4.69, 9.17) is 15.0 Å². The van der Waals surface area contributed by atoms with E-state index in [1.165, 1.54) is 0 Å². The fourth-order valence-corrected chi connectivity index (χ4v) is 13.8. The molecule has 3 aromatic heterocycles. The van der Waals surface area contributed by atoms with Gasteiger partial charge in [-0.05, 0) is 71.9 Å². The zero-order valence-electron chi connectivity index (χ0n) is 51.8. The van der Waals surface area contributed by atoms with Crippen molar-refractivity contribution in [1.82, 2.24) is 28.7 Å². The number of allylic oxidation sites excluding steroid dienone is 6. The molecule has 90 heavy (non-hydrogen) atoms. The number of aromatic nitrogens is 6. The van der Waals surface area contributed by atoms with E-state index in [1.807, 2.05) is 146 Å². The number of carbonyl (C=O) groups is 3. The Labute approximate surface area is 603 Å². The third kappa shape index (κ3) is 13.1. The molecule has 3 aliphatic heterocycles. The number of hydrogen-bond acceptors (Lipinski definition) is 9. The third-order valence-electron chi connectivity index (χ3n) is 17.2. The van der Waals surface area contributed by atoms with Crippen LogP contribution < -0.4 is 16.0 Å². The molecular weight excluding hydrogens is 1340 g/mol. The van der Waals surface area contributed by atoms with E-state index in [2.05, 4.69) is 128 Å². The first kappa shape index (κ1) is 66.4. The Hall–Kier alpha value is -6.50. The molecule has 6 aliphatic rings. The molecule has 15 heteroatoms. The first-order valence-corrected chi connectivity index (χ1v) is 29.8. The zero-order chi connectivity index (χ0) is 60.5. The van der Waals surface area contributed by atoms with Gasteiger partial charge in [0.2, 0.25) is 17.8 Å². The standard InChI is InChI=1S/3C22H20N3O.C9H9.3Y/c3*1-22(2)12-16-19(18(26)13-22)20(14-8-4-3-5-9-14)25-17-11-7-6-10-15(17)23-21(25)24-16;1-7-4-8(2)6-9(3)5-7;;;/h3*4-11,20H,12-13H2,1-2H3,(H,23,24);4-6H,1-3H2;;;/q3*-1;-3;;;.